The Labute approximate surface area is 103 Å². The Balaban J connectivity index is 2.54. The van der Waals surface area contributed by atoms with Crippen molar-refractivity contribution in [1.29, 1.82) is 5.26 Å². The van der Waals surface area contributed by atoms with Gasteiger partial charge in [0, 0.05) is 12.1 Å². The minimum atomic E-state index is -0.409. The standard InChI is InChI=1S/C14H20N2O/c1-11(9-15)17-13-7-5-12(6-8-13)10-16-14(2,3)4/h5-8,11,16H,10H2,1-4H3. The van der Waals surface area contributed by atoms with E-state index in [9.17, 15) is 0 Å². The monoisotopic (exact) mass is 232 g/mol. The minimum Gasteiger partial charge on any atom is -0.476 e. The predicted molar refractivity (Wildman–Crippen MR) is 68.7 cm³/mol. The summed E-state index contributed by atoms with van der Waals surface area (Å²) < 4.78 is 5.38. The zero-order chi connectivity index (χ0) is 12.9. The molecule has 0 radical (unpaired) electrons. The van der Waals surface area contributed by atoms with Gasteiger partial charge in [-0.05, 0) is 45.4 Å². The van der Waals surface area contributed by atoms with Crippen LogP contribution in [0.1, 0.15) is 33.3 Å². The van der Waals surface area contributed by atoms with Gasteiger partial charge in [-0.15, -0.1) is 0 Å². The van der Waals surface area contributed by atoms with Crippen molar-refractivity contribution in [2.45, 2.75) is 45.9 Å². The van der Waals surface area contributed by atoms with Crippen molar-refractivity contribution in [1.82, 2.24) is 5.32 Å². The second kappa shape index (κ2) is 5.70. The SMILES string of the molecule is CC(C#N)Oc1ccc(CNC(C)(C)C)cc1. The number of rotatable bonds is 4. The first-order chi connectivity index (χ1) is 7.90. The maximum Gasteiger partial charge on any atom is 0.181 e. The molecule has 1 aromatic rings. The number of nitriles is 1. The van der Waals surface area contributed by atoms with Crippen LogP contribution >= 0.6 is 0 Å². The lowest BCUT2D eigenvalue weighted by atomic mass is 10.1. The Morgan fingerprint density at radius 2 is 1.88 bits per heavy atom. The molecule has 0 amide bonds. The second-order valence-electron chi connectivity index (χ2n) is 5.14. The Hall–Kier alpha value is -1.53. The molecular formula is C14H20N2O. The van der Waals surface area contributed by atoms with Crippen LogP contribution in [0.4, 0.5) is 0 Å². The normalized spacial score (nSPS) is 12.9. The van der Waals surface area contributed by atoms with Crippen molar-refractivity contribution >= 4 is 0 Å². The highest BCUT2D eigenvalue weighted by molar-refractivity contribution is 5.27. The number of hydrogen-bond acceptors (Lipinski definition) is 3. The van der Waals surface area contributed by atoms with Crippen molar-refractivity contribution in [3.63, 3.8) is 0 Å². The first kappa shape index (κ1) is 13.5. The first-order valence-corrected chi connectivity index (χ1v) is 5.81. The van der Waals surface area contributed by atoms with Crippen LogP contribution in [0, 0.1) is 11.3 Å². The lowest BCUT2D eigenvalue weighted by Gasteiger charge is -2.20. The third-order valence-electron chi connectivity index (χ3n) is 2.24. The molecule has 1 unspecified atom stereocenters. The van der Waals surface area contributed by atoms with Gasteiger partial charge in [0.15, 0.2) is 6.10 Å². The summed E-state index contributed by atoms with van der Waals surface area (Å²) in [7, 11) is 0. The average molecular weight is 232 g/mol. The van der Waals surface area contributed by atoms with Crippen LogP contribution in [0.3, 0.4) is 0 Å². The van der Waals surface area contributed by atoms with E-state index in [0.717, 1.165) is 12.3 Å². The van der Waals surface area contributed by atoms with E-state index < -0.39 is 6.10 Å². The molecule has 0 aliphatic heterocycles. The highest BCUT2D eigenvalue weighted by atomic mass is 16.5. The highest BCUT2D eigenvalue weighted by Crippen LogP contribution is 2.14. The number of nitrogens with zero attached hydrogens (tertiary/aromatic N) is 1. The van der Waals surface area contributed by atoms with Crippen molar-refractivity contribution in [2.75, 3.05) is 0 Å². The van der Waals surface area contributed by atoms with Gasteiger partial charge in [0.25, 0.3) is 0 Å². The molecular weight excluding hydrogens is 212 g/mol. The van der Waals surface area contributed by atoms with Crippen molar-refractivity contribution < 1.29 is 4.74 Å². The van der Waals surface area contributed by atoms with Crippen molar-refractivity contribution in [2.24, 2.45) is 0 Å². The molecule has 0 fully saturated rings. The Morgan fingerprint density at radius 3 is 2.35 bits per heavy atom. The zero-order valence-electron chi connectivity index (χ0n) is 10.9. The molecule has 1 atom stereocenters. The van der Waals surface area contributed by atoms with Gasteiger partial charge in [0.2, 0.25) is 0 Å². The van der Waals surface area contributed by atoms with Gasteiger partial charge in [0.1, 0.15) is 11.8 Å². The summed E-state index contributed by atoms with van der Waals surface area (Å²) in [5, 5.41) is 12.1. The minimum absolute atomic E-state index is 0.116. The van der Waals surface area contributed by atoms with Crippen LogP contribution in [-0.2, 0) is 6.54 Å². The molecule has 0 saturated heterocycles. The molecule has 92 valence electrons. The van der Waals surface area contributed by atoms with E-state index >= 15 is 0 Å². The fourth-order valence-electron chi connectivity index (χ4n) is 1.28. The lowest BCUT2D eigenvalue weighted by Crippen LogP contribution is -2.35. The van der Waals surface area contributed by atoms with Gasteiger partial charge in [-0.25, -0.2) is 0 Å². The van der Waals surface area contributed by atoms with E-state index in [0.29, 0.717) is 0 Å². The third-order valence-corrected chi connectivity index (χ3v) is 2.24. The van der Waals surface area contributed by atoms with Crippen LogP contribution in [0.2, 0.25) is 0 Å². The summed E-state index contributed by atoms with van der Waals surface area (Å²) in [6.07, 6.45) is -0.409. The molecule has 1 rings (SSSR count). The van der Waals surface area contributed by atoms with Crippen LogP contribution in [0.15, 0.2) is 24.3 Å². The molecule has 0 spiro atoms. The third kappa shape index (κ3) is 5.37. The Bertz CT molecular complexity index is 384. The zero-order valence-corrected chi connectivity index (χ0v) is 10.9. The first-order valence-electron chi connectivity index (χ1n) is 5.81. The Morgan fingerprint density at radius 1 is 1.29 bits per heavy atom. The molecule has 0 aromatic heterocycles. The predicted octanol–water partition coefficient (Wildman–Crippen LogP) is 2.87. The fraction of sp³-hybridized carbons (Fsp3) is 0.500. The number of hydrogen-bond donors (Lipinski definition) is 1. The van der Waals surface area contributed by atoms with Gasteiger partial charge in [-0.2, -0.15) is 5.26 Å². The van der Waals surface area contributed by atoms with Gasteiger partial charge in [0.05, 0.1) is 0 Å². The van der Waals surface area contributed by atoms with Crippen LogP contribution < -0.4 is 10.1 Å². The summed E-state index contributed by atoms with van der Waals surface area (Å²) in [6.45, 7) is 8.98. The van der Waals surface area contributed by atoms with E-state index in [2.05, 4.69) is 26.1 Å². The molecule has 1 aromatic carbocycles. The summed E-state index contributed by atoms with van der Waals surface area (Å²) in [6, 6.07) is 9.86. The number of ether oxygens (including phenoxy) is 1. The van der Waals surface area contributed by atoms with Gasteiger partial charge in [-0.3, -0.25) is 0 Å². The average Bonchev–Trinajstić information content (AvgIpc) is 2.27. The molecule has 3 nitrogen and oxygen atoms in total. The number of benzene rings is 1. The largest absolute Gasteiger partial charge is 0.476 e. The van der Waals surface area contributed by atoms with Crippen molar-refractivity contribution in [3.8, 4) is 11.8 Å². The molecule has 0 bridgehead atoms. The van der Waals surface area contributed by atoms with Gasteiger partial charge >= 0.3 is 0 Å². The Kier molecular flexibility index (Phi) is 4.53. The summed E-state index contributed by atoms with van der Waals surface area (Å²) in [5.41, 5.74) is 1.32. The quantitative estimate of drug-likeness (QED) is 0.868. The molecule has 0 saturated carbocycles. The summed E-state index contributed by atoms with van der Waals surface area (Å²) in [5.74, 6) is 0.735. The summed E-state index contributed by atoms with van der Waals surface area (Å²) >= 11 is 0. The van der Waals surface area contributed by atoms with Gasteiger partial charge in [-0.1, -0.05) is 12.1 Å². The van der Waals surface area contributed by atoms with Crippen molar-refractivity contribution in [3.05, 3.63) is 29.8 Å². The maximum atomic E-state index is 8.64. The fourth-order valence-corrected chi connectivity index (χ4v) is 1.28. The van der Waals surface area contributed by atoms with E-state index in [1.54, 1.807) is 6.92 Å². The van der Waals surface area contributed by atoms with Crippen LogP contribution in [-0.4, -0.2) is 11.6 Å². The van der Waals surface area contributed by atoms with E-state index in [-0.39, 0.29) is 5.54 Å². The molecule has 0 aliphatic carbocycles. The smallest absolute Gasteiger partial charge is 0.181 e. The molecule has 0 heterocycles. The molecule has 1 N–H and O–H groups in total. The molecule has 17 heavy (non-hydrogen) atoms. The topological polar surface area (TPSA) is 45.0 Å². The highest BCUT2D eigenvalue weighted by Gasteiger charge is 2.08. The maximum absolute atomic E-state index is 8.64. The molecule has 3 heteroatoms. The van der Waals surface area contributed by atoms with Crippen LogP contribution in [0.5, 0.6) is 5.75 Å². The molecule has 0 aliphatic rings. The summed E-state index contributed by atoms with van der Waals surface area (Å²) in [4.78, 5) is 0. The van der Waals surface area contributed by atoms with Crippen LogP contribution in [0.25, 0.3) is 0 Å². The van der Waals surface area contributed by atoms with E-state index in [1.807, 2.05) is 30.3 Å². The second-order valence-corrected chi connectivity index (χ2v) is 5.14. The lowest BCUT2D eigenvalue weighted by molar-refractivity contribution is 0.276. The van der Waals surface area contributed by atoms with Gasteiger partial charge < -0.3 is 10.1 Å². The van der Waals surface area contributed by atoms with E-state index in [4.69, 9.17) is 10.00 Å². The van der Waals surface area contributed by atoms with E-state index in [1.165, 1.54) is 5.56 Å². The number of nitrogens with one attached hydrogen (secondary N) is 1.